The molecule has 0 atom stereocenters. The van der Waals surface area contributed by atoms with E-state index in [0.717, 1.165) is 21.6 Å². The Bertz CT molecular complexity index is 895. The molecule has 1 fully saturated rings. The summed E-state index contributed by atoms with van der Waals surface area (Å²) >= 11 is 5.26. The molecule has 2 aromatic heterocycles. The third kappa shape index (κ3) is 3.45. The largest absolute Gasteiger partial charge is 0.352 e. The lowest BCUT2D eigenvalue weighted by Crippen LogP contribution is -2.32. The number of amides is 2. The molecular weight excluding hydrogens is 402 g/mol. The molecule has 25 heavy (non-hydrogen) atoms. The molecule has 0 saturated carbocycles. The molecule has 1 aliphatic rings. The third-order valence-electron chi connectivity index (χ3n) is 4.01. The van der Waals surface area contributed by atoms with Crippen molar-refractivity contribution in [3.8, 4) is 10.6 Å². The third-order valence-corrected chi connectivity index (χ3v) is 5.72. The number of nitrogens with zero attached hydrogens (tertiary/aromatic N) is 3. The van der Waals surface area contributed by atoms with Gasteiger partial charge in [-0.05, 0) is 33.4 Å². The lowest BCUT2D eigenvalue weighted by molar-refractivity contribution is 0.219. The van der Waals surface area contributed by atoms with Crippen molar-refractivity contribution < 1.29 is 4.79 Å². The summed E-state index contributed by atoms with van der Waals surface area (Å²) in [7, 11) is 0. The van der Waals surface area contributed by atoms with Crippen LogP contribution in [-0.2, 0) is 0 Å². The normalized spacial score (nSPS) is 14.1. The number of hydrogen-bond donors (Lipinski definition) is 2. The Morgan fingerprint density at radius 2 is 2.24 bits per heavy atom. The lowest BCUT2D eigenvalue weighted by atomic mass is 10.2. The van der Waals surface area contributed by atoms with Crippen LogP contribution in [0.2, 0.25) is 0 Å². The maximum Gasteiger partial charge on any atom is 0.317 e. The van der Waals surface area contributed by atoms with Gasteiger partial charge in [0.15, 0.2) is 0 Å². The van der Waals surface area contributed by atoms with E-state index in [1.165, 1.54) is 10.1 Å². The molecule has 0 spiro atoms. The first-order chi connectivity index (χ1) is 12.2. The fourth-order valence-corrected chi connectivity index (χ4v) is 4.35. The number of carbonyl (C=O) groups excluding carboxylic acids is 1. The smallest absolute Gasteiger partial charge is 0.317 e. The van der Waals surface area contributed by atoms with Gasteiger partial charge in [0.05, 0.1) is 9.35 Å². The highest BCUT2D eigenvalue weighted by Crippen LogP contribution is 2.36. The first kappa shape index (κ1) is 16.3. The molecule has 0 bridgehead atoms. The van der Waals surface area contributed by atoms with Gasteiger partial charge in [-0.1, -0.05) is 18.2 Å². The topological polar surface area (TPSA) is 70.2 Å². The predicted octanol–water partition coefficient (Wildman–Crippen LogP) is 3.56. The van der Waals surface area contributed by atoms with Gasteiger partial charge in [-0.25, -0.2) is 14.8 Å². The molecule has 6 nitrogen and oxygen atoms in total. The van der Waals surface area contributed by atoms with Crippen LogP contribution in [0.25, 0.3) is 20.7 Å². The molecule has 0 unspecified atom stereocenters. The molecule has 8 heteroatoms. The fraction of sp³-hybridized carbons (Fsp3) is 0.235. The maximum absolute atomic E-state index is 11.5. The van der Waals surface area contributed by atoms with Crippen LogP contribution >= 0.6 is 27.3 Å². The van der Waals surface area contributed by atoms with Crippen LogP contribution in [-0.4, -0.2) is 47.1 Å². The Balaban J connectivity index is 1.51. The van der Waals surface area contributed by atoms with Crippen LogP contribution in [0, 0.1) is 0 Å². The van der Waals surface area contributed by atoms with Crippen LogP contribution < -0.4 is 10.6 Å². The molecule has 2 amide bonds. The zero-order chi connectivity index (χ0) is 17.2. The van der Waals surface area contributed by atoms with Crippen LogP contribution in [0.5, 0.6) is 0 Å². The number of carbonyl (C=O) groups is 1. The SMILES string of the molecule is O=C1NCCN1CCNc1ncc(Br)c(-c2cc3ccccc3s2)n1. The first-order valence-corrected chi connectivity index (χ1v) is 9.60. The number of anilines is 1. The lowest BCUT2D eigenvalue weighted by Gasteiger charge is -2.14. The molecule has 3 aromatic rings. The van der Waals surface area contributed by atoms with Gasteiger partial charge in [-0.3, -0.25) is 0 Å². The van der Waals surface area contributed by atoms with Gasteiger partial charge in [-0.2, -0.15) is 0 Å². The van der Waals surface area contributed by atoms with Crippen molar-refractivity contribution in [2.75, 3.05) is 31.5 Å². The summed E-state index contributed by atoms with van der Waals surface area (Å²) in [6.45, 7) is 2.70. The van der Waals surface area contributed by atoms with E-state index in [2.05, 4.69) is 54.7 Å². The quantitative estimate of drug-likeness (QED) is 0.665. The fourth-order valence-electron chi connectivity index (χ4n) is 2.75. The number of urea groups is 1. The second kappa shape index (κ2) is 6.97. The summed E-state index contributed by atoms with van der Waals surface area (Å²) in [6, 6.07) is 10.4. The van der Waals surface area contributed by atoms with Crippen LogP contribution in [0.3, 0.4) is 0 Å². The van der Waals surface area contributed by atoms with Gasteiger partial charge in [0.1, 0.15) is 5.69 Å². The summed E-state index contributed by atoms with van der Waals surface area (Å²) in [5.41, 5.74) is 0.873. The van der Waals surface area contributed by atoms with E-state index in [-0.39, 0.29) is 6.03 Å². The van der Waals surface area contributed by atoms with Crippen LogP contribution in [0.4, 0.5) is 10.7 Å². The number of hydrogen-bond acceptors (Lipinski definition) is 5. The Morgan fingerprint density at radius 1 is 1.36 bits per heavy atom. The van der Waals surface area contributed by atoms with E-state index in [1.807, 2.05) is 12.1 Å². The summed E-state index contributed by atoms with van der Waals surface area (Å²) in [5, 5.41) is 7.21. The van der Waals surface area contributed by atoms with E-state index in [4.69, 9.17) is 0 Å². The molecule has 2 N–H and O–H groups in total. The zero-order valence-electron chi connectivity index (χ0n) is 13.3. The van der Waals surface area contributed by atoms with Crippen molar-refractivity contribution >= 4 is 49.3 Å². The first-order valence-electron chi connectivity index (χ1n) is 7.99. The number of thiophene rings is 1. The van der Waals surface area contributed by atoms with Gasteiger partial charge in [-0.15, -0.1) is 11.3 Å². The molecule has 1 aliphatic heterocycles. The van der Waals surface area contributed by atoms with Crippen molar-refractivity contribution in [2.45, 2.75) is 0 Å². The van der Waals surface area contributed by atoms with Gasteiger partial charge >= 0.3 is 6.03 Å². The van der Waals surface area contributed by atoms with Crippen LogP contribution in [0.15, 0.2) is 41.0 Å². The number of aromatic nitrogens is 2. The average Bonchev–Trinajstić information content (AvgIpc) is 3.22. The van der Waals surface area contributed by atoms with E-state index in [1.54, 1.807) is 22.4 Å². The summed E-state index contributed by atoms with van der Waals surface area (Å²) < 4.78 is 2.10. The molecule has 1 saturated heterocycles. The molecule has 0 radical (unpaired) electrons. The zero-order valence-corrected chi connectivity index (χ0v) is 15.7. The van der Waals surface area contributed by atoms with E-state index >= 15 is 0 Å². The highest BCUT2D eigenvalue weighted by atomic mass is 79.9. The molecule has 3 heterocycles. The van der Waals surface area contributed by atoms with Gasteiger partial charge in [0.25, 0.3) is 0 Å². The highest BCUT2D eigenvalue weighted by molar-refractivity contribution is 9.10. The van der Waals surface area contributed by atoms with E-state index < -0.39 is 0 Å². The second-order valence-electron chi connectivity index (χ2n) is 5.68. The minimum absolute atomic E-state index is 0.00973. The molecule has 4 rings (SSSR count). The maximum atomic E-state index is 11.5. The second-order valence-corrected chi connectivity index (χ2v) is 7.62. The van der Waals surface area contributed by atoms with E-state index in [0.29, 0.717) is 25.6 Å². The van der Waals surface area contributed by atoms with Gasteiger partial charge in [0.2, 0.25) is 5.95 Å². The van der Waals surface area contributed by atoms with Crippen LogP contribution in [0.1, 0.15) is 0 Å². The summed E-state index contributed by atoms with van der Waals surface area (Å²) in [6.07, 6.45) is 1.76. The highest BCUT2D eigenvalue weighted by Gasteiger charge is 2.18. The van der Waals surface area contributed by atoms with Crippen molar-refractivity contribution in [1.29, 1.82) is 0 Å². The average molecular weight is 418 g/mol. The standard InChI is InChI=1S/C17H16BrN5OS/c18-12-10-21-16(19-5-7-23-8-6-20-17(23)24)22-15(12)14-9-11-3-1-2-4-13(11)25-14/h1-4,9-10H,5-8H2,(H,20,24)(H,19,21,22). The van der Waals surface area contributed by atoms with Crippen molar-refractivity contribution in [3.63, 3.8) is 0 Å². The van der Waals surface area contributed by atoms with Crippen molar-refractivity contribution in [2.24, 2.45) is 0 Å². The van der Waals surface area contributed by atoms with E-state index in [9.17, 15) is 4.79 Å². The summed E-state index contributed by atoms with van der Waals surface area (Å²) in [5.74, 6) is 0.565. The number of halogens is 1. The minimum Gasteiger partial charge on any atom is -0.352 e. The summed E-state index contributed by atoms with van der Waals surface area (Å²) in [4.78, 5) is 23.4. The Hall–Kier alpha value is -2.19. The minimum atomic E-state index is -0.00973. The molecule has 128 valence electrons. The Kier molecular flexibility index (Phi) is 4.54. The van der Waals surface area contributed by atoms with Gasteiger partial charge < -0.3 is 15.5 Å². The predicted molar refractivity (Wildman–Crippen MR) is 104 cm³/mol. The van der Waals surface area contributed by atoms with Crippen molar-refractivity contribution in [3.05, 3.63) is 41.0 Å². The van der Waals surface area contributed by atoms with Crippen molar-refractivity contribution in [1.82, 2.24) is 20.2 Å². The monoisotopic (exact) mass is 417 g/mol. The Labute approximate surface area is 157 Å². The molecule has 1 aromatic carbocycles. The number of fused-ring (bicyclic) bond motifs is 1. The number of benzene rings is 1. The molecule has 0 aliphatic carbocycles. The molecular formula is C17H16BrN5OS. The Morgan fingerprint density at radius 3 is 3.04 bits per heavy atom. The number of rotatable bonds is 5. The van der Waals surface area contributed by atoms with Gasteiger partial charge in [0, 0.05) is 37.1 Å². The number of nitrogens with one attached hydrogen (secondary N) is 2.